The SMILES string of the molecule is C=CCC(N)C(=O)NC1CCC(SC)C1. The van der Waals surface area contributed by atoms with Crippen molar-refractivity contribution in [2.45, 2.75) is 43.0 Å². The fraction of sp³-hybridized carbons (Fsp3) is 0.727. The summed E-state index contributed by atoms with van der Waals surface area (Å²) in [6.45, 7) is 3.58. The summed E-state index contributed by atoms with van der Waals surface area (Å²) in [5.41, 5.74) is 5.68. The molecule has 1 saturated carbocycles. The van der Waals surface area contributed by atoms with E-state index >= 15 is 0 Å². The fourth-order valence-electron chi connectivity index (χ4n) is 1.88. The predicted octanol–water partition coefficient (Wildman–Crippen LogP) is 1.29. The van der Waals surface area contributed by atoms with E-state index in [1.54, 1.807) is 6.08 Å². The Morgan fingerprint density at radius 2 is 2.47 bits per heavy atom. The Morgan fingerprint density at radius 1 is 1.73 bits per heavy atom. The number of hydrogen-bond acceptors (Lipinski definition) is 3. The van der Waals surface area contributed by atoms with Gasteiger partial charge in [0.05, 0.1) is 6.04 Å². The molecule has 1 fully saturated rings. The Morgan fingerprint density at radius 3 is 3.00 bits per heavy atom. The van der Waals surface area contributed by atoms with Crippen molar-refractivity contribution < 1.29 is 4.79 Å². The van der Waals surface area contributed by atoms with Crippen molar-refractivity contribution in [3.63, 3.8) is 0 Å². The van der Waals surface area contributed by atoms with Crippen molar-refractivity contribution in [2.75, 3.05) is 6.26 Å². The van der Waals surface area contributed by atoms with Crippen LogP contribution in [0.5, 0.6) is 0 Å². The second-order valence-corrected chi connectivity index (χ2v) is 5.15. The molecule has 3 N–H and O–H groups in total. The summed E-state index contributed by atoms with van der Waals surface area (Å²) < 4.78 is 0. The summed E-state index contributed by atoms with van der Waals surface area (Å²) >= 11 is 1.88. The first kappa shape index (κ1) is 12.6. The first-order valence-electron chi connectivity index (χ1n) is 5.37. The number of carbonyl (C=O) groups excluding carboxylic acids is 1. The summed E-state index contributed by atoms with van der Waals surface area (Å²) in [6, 6.07) is -0.110. The number of thioether (sulfide) groups is 1. The van der Waals surface area contributed by atoms with E-state index in [2.05, 4.69) is 18.2 Å². The van der Waals surface area contributed by atoms with Crippen molar-refractivity contribution in [1.82, 2.24) is 5.32 Å². The van der Waals surface area contributed by atoms with Crippen LogP contribution >= 0.6 is 11.8 Å². The van der Waals surface area contributed by atoms with E-state index in [4.69, 9.17) is 5.73 Å². The van der Waals surface area contributed by atoms with Crippen LogP contribution in [0.3, 0.4) is 0 Å². The van der Waals surface area contributed by atoms with Crippen LogP contribution < -0.4 is 11.1 Å². The quantitative estimate of drug-likeness (QED) is 0.697. The standard InChI is InChI=1S/C11H20N2OS/c1-3-4-10(12)11(14)13-8-5-6-9(7-8)15-2/h3,8-10H,1,4-7,12H2,2H3,(H,13,14). The molecule has 0 aromatic heterocycles. The van der Waals surface area contributed by atoms with Crippen LogP contribution in [-0.4, -0.2) is 29.5 Å². The molecule has 0 saturated heterocycles. The van der Waals surface area contributed by atoms with Gasteiger partial charge in [0.25, 0.3) is 0 Å². The van der Waals surface area contributed by atoms with Crippen LogP contribution in [0, 0.1) is 0 Å². The monoisotopic (exact) mass is 228 g/mol. The normalized spacial score (nSPS) is 27.3. The van der Waals surface area contributed by atoms with Gasteiger partial charge in [-0.2, -0.15) is 11.8 Å². The first-order chi connectivity index (χ1) is 7.17. The summed E-state index contributed by atoms with van der Waals surface area (Å²) in [4.78, 5) is 11.6. The smallest absolute Gasteiger partial charge is 0.237 e. The molecule has 1 rings (SSSR count). The third-order valence-corrected chi connectivity index (χ3v) is 3.92. The molecule has 0 spiro atoms. The number of rotatable bonds is 5. The molecule has 1 aliphatic carbocycles. The number of nitrogens with one attached hydrogen (secondary N) is 1. The Balaban J connectivity index is 2.29. The minimum atomic E-state index is -0.434. The molecule has 0 aromatic rings. The third-order valence-electron chi connectivity index (χ3n) is 2.82. The topological polar surface area (TPSA) is 55.1 Å². The predicted molar refractivity (Wildman–Crippen MR) is 65.9 cm³/mol. The van der Waals surface area contributed by atoms with E-state index in [-0.39, 0.29) is 5.91 Å². The molecule has 1 aliphatic rings. The molecule has 3 unspecified atom stereocenters. The molecule has 15 heavy (non-hydrogen) atoms. The fourth-order valence-corrected chi connectivity index (χ4v) is 2.68. The molecular formula is C11H20N2OS. The summed E-state index contributed by atoms with van der Waals surface area (Å²) in [7, 11) is 0. The molecule has 1 amide bonds. The van der Waals surface area contributed by atoms with Crippen molar-refractivity contribution in [2.24, 2.45) is 5.73 Å². The van der Waals surface area contributed by atoms with Crippen LogP contribution in [0.2, 0.25) is 0 Å². The van der Waals surface area contributed by atoms with Crippen molar-refractivity contribution in [3.8, 4) is 0 Å². The van der Waals surface area contributed by atoms with Crippen molar-refractivity contribution in [3.05, 3.63) is 12.7 Å². The number of amides is 1. The zero-order valence-corrected chi connectivity index (χ0v) is 10.1. The summed E-state index contributed by atoms with van der Waals surface area (Å²) in [5, 5.41) is 3.70. The Bertz CT molecular complexity index is 233. The van der Waals surface area contributed by atoms with E-state index in [0.29, 0.717) is 17.7 Å². The Kier molecular flexibility index (Phi) is 5.19. The van der Waals surface area contributed by atoms with Gasteiger partial charge >= 0.3 is 0 Å². The van der Waals surface area contributed by atoms with Gasteiger partial charge in [0.15, 0.2) is 0 Å². The van der Waals surface area contributed by atoms with Crippen molar-refractivity contribution in [1.29, 1.82) is 0 Å². The summed E-state index contributed by atoms with van der Waals surface area (Å²) in [6.07, 6.45) is 7.71. The maximum absolute atomic E-state index is 11.6. The van der Waals surface area contributed by atoms with Gasteiger partial charge in [0.1, 0.15) is 0 Å². The molecule has 0 radical (unpaired) electrons. The van der Waals surface area contributed by atoms with Gasteiger partial charge in [0, 0.05) is 11.3 Å². The lowest BCUT2D eigenvalue weighted by molar-refractivity contribution is -0.122. The molecule has 3 nitrogen and oxygen atoms in total. The average Bonchev–Trinajstić information content (AvgIpc) is 2.66. The lowest BCUT2D eigenvalue weighted by atomic mass is 10.2. The largest absolute Gasteiger partial charge is 0.352 e. The third kappa shape index (κ3) is 3.87. The Labute approximate surface area is 95.9 Å². The molecule has 0 aromatic carbocycles. The lowest BCUT2D eigenvalue weighted by Crippen LogP contribution is -2.44. The molecule has 0 aliphatic heterocycles. The van der Waals surface area contributed by atoms with Crippen LogP contribution in [-0.2, 0) is 4.79 Å². The zero-order valence-electron chi connectivity index (χ0n) is 9.24. The van der Waals surface area contributed by atoms with Gasteiger partial charge in [-0.15, -0.1) is 6.58 Å². The lowest BCUT2D eigenvalue weighted by Gasteiger charge is -2.15. The average molecular weight is 228 g/mol. The maximum Gasteiger partial charge on any atom is 0.237 e. The highest BCUT2D eigenvalue weighted by molar-refractivity contribution is 7.99. The highest BCUT2D eigenvalue weighted by atomic mass is 32.2. The van der Waals surface area contributed by atoms with E-state index in [1.807, 2.05) is 11.8 Å². The molecule has 4 heteroatoms. The van der Waals surface area contributed by atoms with Gasteiger partial charge in [-0.25, -0.2) is 0 Å². The number of nitrogens with two attached hydrogens (primary N) is 1. The van der Waals surface area contributed by atoms with Crippen LogP contribution in [0.1, 0.15) is 25.7 Å². The number of hydrogen-bond donors (Lipinski definition) is 2. The highest BCUT2D eigenvalue weighted by Crippen LogP contribution is 2.28. The molecule has 3 atom stereocenters. The van der Waals surface area contributed by atoms with Crippen molar-refractivity contribution >= 4 is 17.7 Å². The number of carbonyl (C=O) groups is 1. The summed E-state index contributed by atoms with van der Waals surface area (Å²) in [5.74, 6) is -0.0401. The van der Waals surface area contributed by atoms with Crippen LogP contribution in [0.4, 0.5) is 0 Å². The van der Waals surface area contributed by atoms with Gasteiger partial charge in [0.2, 0.25) is 5.91 Å². The van der Waals surface area contributed by atoms with E-state index < -0.39 is 6.04 Å². The Hall–Kier alpha value is -0.480. The first-order valence-corrected chi connectivity index (χ1v) is 6.65. The van der Waals surface area contributed by atoms with E-state index in [0.717, 1.165) is 12.8 Å². The van der Waals surface area contributed by atoms with Gasteiger partial charge in [-0.1, -0.05) is 6.08 Å². The van der Waals surface area contributed by atoms with E-state index in [1.165, 1.54) is 6.42 Å². The minimum absolute atomic E-state index is 0.0401. The molecular weight excluding hydrogens is 208 g/mol. The van der Waals surface area contributed by atoms with E-state index in [9.17, 15) is 4.79 Å². The van der Waals surface area contributed by atoms with Gasteiger partial charge < -0.3 is 11.1 Å². The zero-order chi connectivity index (χ0) is 11.3. The molecule has 0 heterocycles. The van der Waals surface area contributed by atoms with Gasteiger partial charge in [-0.05, 0) is 31.9 Å². The van der Waals surface area contributed by atoms with Crippen LogP contribution in [0.25, 0.3) is 0 Å². The highest BCUT2D eigenvalue weighted by Gasteiger charge is 2.26. The molecule has 86 valence electrons. The second-order valence-electron chi connectivity index (χ2n) is 4.01. The maximum atomic E-state index is 11.6. The van der Waals surface area contributed by atoms with Gasteiger partial charge in [-0.3, -0.25) is 4.79 Å². The minimum Gasteiger partial charge on any atom is -0.352 e. The second kappa shape index (κ2) is 6.18. The van der Waals surface area contributed by atoms with Crippen LogP contribution in [0.15, 0.2) is 12.7 Å². The molecule has 0 bridgehead atoms.